The molecule has 0 saturated heterocycles. The number of hydrogen-bond acceptors (Lipinski definition) is 5. The summed E-state index contributed by atoms with van der Waals surface area (Å²) < 4.78 is 20.8. The van der Waals surface area contributed by atoms with Gasteiger partial charge in [0.25, 0.3) is 11.8 Å². The number of carbonyl (C=O) groups is 2. The Bertz CT molecular complexity index is 1170. The molecule has 4 rings (SSSR count). The summed E-state index contributed by atoms with van der Waals surface area (Å²) in [6.07, 6.45) is 2.44. The van der Waals surface area contributed by atoms with Crippen LogP contribution in [-0.2, 0) is 17.8 Å². The second-order valence-corrected chi connectivity index (χ2v) is 8.52. The number of ether oxygens (including phenoxy) is 1. The summed E-state index contributed by atoms with van der Waals surface area (Å²) in [5.74, 6) is -3.05. The molecule has 2 aromatic rings. The van der Waals surface area contributed by atoms with Crippen molar-refractivity contribution in [1.82, 2.24) is 14.8 Å². The quantitative estimate of drug-likeness (QED) is 0.511. The molecule has 2 heterocycles. The molecule has 1 aliphatic heterocycles. The average molecular weight is 502 g/mol. The molecular weight excluding hydrogens is 480 g/mol. The third kappa shape index (κ3) is 4.54. The Morgan fingerprint density at radius 2 is 2.06 bits per heavy atom. The average Bonchev–Trinajstić information content (AvgIpc) is 2.74. The maximum Gasteiger partial charge on any atom is 1.00 e. The number of fused-ring (bicyclic) bond motifs is 1. The zero-order chi connectivity index (χ0) is 23.2. The number of hydrogen-bond donors (Lipinski definition) is 1. The summed E-state index contributed by atoms with van der Waals surface area (Å²) in [6.45, 7) is 2.26. The van der Waals surface area contributed by atoms with E-state index in [0.29, 0.717) is 19.4 Å². The minimum absolute atomic E-state index is 0. The van der Waals surface area contributed by atoms with Gasteiger partial charge in [-0.1, -0.05) is 23.7 Å². The van der Waals surface area contributed by atoms with E-state index < -0.39 is 39.9 Å². The number of likely N-dealkylation sites (N-methyl/N-ethyl adjacent to an activating group) is 1. The molecule has 0 bridgehead atoms. The Kier molecular flexibility index (Phi) is 8.10. The predicted octanol–water partition coefficient (Wildman–Crippen LogP) is -1.33. The number of rotatable bonds is 5. The first kappa shape index (κ1) is 26.3. The van der Waals surface area contributed by atoms with E-state index in [-0.39, 0.29) is 86.9 Å². The summed E-state index contributed by atoms with van der Waals surface area (Å²) in [5.41, 5.74) is -2.10. The van der Waals surface area contributed by atoms with Gasteiger partial charge in [-0.2, -0.15) is 0 Å². The molecule has 170 valence electrons. The molecule has 8 nitrogen and oxygen atoms in total. The van der Waals surface area contributed by atoms with Crippen molar-refractivity contribution < 1.29 is 75.2 Å². The van der Waals surface area contributed by atoms with E-state index in [0.717, 1.165) is 0 Å². The minimum Gasteiger partial charge on any atom is -0.868 e. The third-order valence-corrected chi connectivity index (χ3v) is 6.60. The fraction of sp³-hybridized carbons (Fsp3) is 0.409. The van der Waals surface area contributed by atoms with Crippen LogP contribution < -0.4 is 67.2 Å². The van der Waals surface area contributed by atoms with Crippen LogP contribution in [-0.4, -0.2) is 46.6 Å². The maximum atomic E-state index is 14.1. The van der Waals surface area contributed by atoms with E-state index in [9.17, 15) is 23.9 Å². The Morgan fingerprint density at radius 3 is 2.70 bits per heavy atom. The second kappa shape index (κ2) is 10.1. The summed E-state index contributed by atoms with van der Waals surface area (Å²) in [4.78, 5) is 40.0. The fourth-order valence-electron chi connectivity index (χ4n) is 4.63. The molecule has 1 aromatic heterocycles. The van der Waals surface area contributed by atoms with Crippen molar-refractivity contribution in [1.29, 1.82) is 0 Å². The van der Waals surface area contributed by atoms with E-state index in [4.69, 9.17) is 16.3 Å². The van der Waals surface area contributed by atoms with Gasteiger partial charge in [-0.25, -0.2) is 4.39 Å². The number of nitrogens with zero attached hydrogens (tertiary/aromatic N) is 2. The van der Waals surface area contributed by atoms with Gasteiger partial charge in [0, 0.05) is 38.5 Å². The van der Waals surface area contributed by atoms with Crippen LogP contribution >= 0.6 is 11.6 Å². The van der Waals surface area contributed by atoms with Crippen LogP contribution in [0.5, 0.6) is 5.75 Å². The number of aromatic nitrogens is 1. The molecule has 1 spiro atoms. The third-order valence-electron chi connectivity index (χ3n) is 6.30. The topological polar surface area (TPSA) is 104 Å². The number of carbonyl (C=O) groups excluding carboxylic acids is 2. The smallest absolute Gasteiger partial charge is 0.868 e. The molecule has 11 heteroatoms. The molecule has 1 fully saturated rings. The van der Waals surface area contributed by atoms with Gasteiger partial charge in [0.05, 0.1) is 16.7 Å². The SMILES string of the molecule is CCN1C(=O)c2c([O-])c(=O)c(C(=O)NCc3cccc(Cl)c3F)cn2C[C@]12C[C@@H](OC)C2.[K+]. The Hall–Kier alpha value is -1.27. The summed E-state index contributed by atoms with van der Waals surface area (Å²) in [6, 6.07) is 4.36. The second-order valence-electron chi connectivity index (χ2n) is 8.11. The van der Waals surface area contributed by atoms with Crippen LogP contribution in [0.15, 0.2) is 29.2 Å². The summed E-state index contributed by atoms with van der Waals surface area (Å²) >= 11 is 5.75. The molecule has 1 aromatic carbocycles. The number of amides is 2. The molecule has 0 atom stereocenters. The van der Waals surface area contributed by atoms with E-state index in [1.807, 2.05) is 6.92 Å². The molecule has 2 amide bonds. The molecule has 2 aliphatic rings. The van der Waals surface area contributed by atoms with Crippen molar-refractivity contribution in [3.63, 3.8) is 0 Å². The van der Waals surface area contributed by atoms with Gasteiger partial charge in [0.1, 0.15) is 17.1 Å². The molecule has 1 saturated carbocycles. The fourth-order valence-corrected chi connectivity index (χ4v) is 4.82. The van der Waals surface area contributed by atoms with Gasteiger partial charge in [0.2, 0.25) is 0 Å². The zero-order valence-electron chi connectivity index (χ0n) is 18.6. The van der Waals surface area contributed by atoms with Crippen molar-refractivity contribution in [3.8, 4) is 5.75 Å². The van der Waals surface area contributed by atoms with Crippen molar-refractivity contribution in [2.75, 3.05) is 13.7 Å². The van der Waals surface area contributed by atoms with Gasteiger partial charge in [-0.05, 0) is 31.6 Å². The van der Waals surface area contributed by atoms with Crippen molar-refractivity contribution in [2.45, 2.75) is 44.5 Å². The van der Waals surface area contributed by atoms with Gasteiger partial charge >= 0.3 is 51.4 Å². The Balaban J connectivity index is 0.00000306. The van der Waals surface area contributed by atoms with Crippen LogP contribution in [0.2, 0.25) is 5.02 Å². The number of halogens is 2. The van der Waals surface area contributed by atoms with Gasteiger partial charge < -0.3 is 24.6 Å². The first-order chi connectivity index (χ1) is 15.2. The molecule has 33 heavy (non-hydrogen) atoms. The van der Waals surface area contributed by atoms with Crippen LogP contribution in [0.1, 0.15) is 46.2 Å². The zero-order valence-corrected chi connectivity index (χ0v) is 22.5. The normalized spacial score (nSPS) is 21.3. The van der Waals surface area contributed by atoms with Crippen molar-refractivity contribution in [3.05, 3.63) is 62.3 Å². The summed E-state index contributed by atoms with van der Waals surface area (Å²) in [5, 5.41) is 15.1. The number of methoxy groups -OCH3 is 1. The minimum atomic E-state index is -1.07. The van der Waals surface area contributed by atoms with Crippen molar-refractivity contribution in [2.24, 2.45) is 0 Å². The molecule has 1 aliphatic carbocycles. The largest absolute Gasteiger partial charge is 1.00 e. The number of pyridine rings is 1. The molecule has 1 N–H and O–H groups in total. The first-order valence-corrected chi connectivity index (χ1v) is 10.6. The monoisotopic (exact) mass is 501 g/mol. The van der Waals surface area contributed by atoms with Gasteiger partial charge in [-0.3, -0.25) is 14.4 Å². The van der Waals surface area contributed by atoms with E-state index in [1.54, 1.807) is 12.0 Å². The molecule has 0 radical (unpaired) electrons. The van der Waals surface area contributed by atoms with Crippen LogP contribution in [0.25, 0.3) is 0 Å². The number of benzene rings is 1. The van der Waals surface area contributed by atoms with Crippen LogP contribution in [0, 0.1) is 5.82 Å². The van der Waals surface area contributed by atoms with E-state index in [1.165, 1.54) is 29.0 Å². The summed E-state index contributed by atoms with van der Waals surface area (Å²) in [7, 11) is 1.60. The van der Waals surface area contributed by atoms with Gasteiger partial charge in [0.15, 0.2) is 5.43 Å². The first-order valence-electron chi connectivity index (χ1n) is 10.2. The Morgan fingerprint density at radius 1 is 1.36 bits per heavy atom. The van der Waals surface area contributed by atoms with E-state index in [2.05, 4.69) is 5.32 Å². The van der Waals surface area contributed by atoms with Crippen LogP contribution in [0.3, 0.4) is 0 Å². The predicted molar refractivity (Wildman–Crippen MR) is 112 cm³/mol. The standard InChI is InChI=1S/C22H23ClFN3O5.K/c1-3-27-21(31)17-19(29)18(28)14(10-26(17)11-22(27)7-13(8-22)32-2)20(30)25-9-12-5-4-6-15(23)16(12)24;/h4-6,10,13,29H,3,7-9,11H2,1-2H3,(H,25,30);/q;+1/p-1/t13-,22-;. The Labute approximate surface area is 237 Å². The van der Waals surface area contributed by atoms with Crippen molar-refractivity contribution >= 4 is 23.4 Å². The van der Waals surface area contributed by atoms with Crippen LogP contribution in [0.4, 0.5) is 4.39 Å². The van der Waals surface area contributed by atoms with E-state index >= 15 is 0 Å². The number of nitrogens with one attached hydrogen (secondary N) is 1. The van der Waals surface area contributed by atoms with Gasteiger partial charge in [-0.15, -0.1) is 0 Å². The molecular formula is C22H22ClFKN3O5. The maximum absolute atomic E-state index is 14.1. The molecule has 0 unspecified atom stereocenters.